The maximum Gasteiger partial charge on any atom is 0.130 e. The van der Waals surface area contributed by atoms with Gasteiger partial charge >= 0.3 is 0 Å². The number of nitriles is 1. The van der Waals surface area contributed by atoms with Gasteiger partial charge in [0.2, 0.25) is 0 Å². The van der Waals surface area contributed by atoms with Gasteiger partial charge in [0.1, 0.15) is 5.82 Å². The molecule has 0 unspecified atom stereocenters. The predicted molar refractivity (Wildman–Crippen MR) is 80.8 cm³/mol. The molecule has 0 bridgehead atoms. The number of para-hydroxylation sites is 1. The van der Waals surface area contributed by atoms with E-state index in [-0.39, 0.29) is 0 Å². The minimum absolute atomic E-state index is 0.667. The second-order valence-corrected chi connectivity index (χ2v) is 4.43. The van der Waals surface area contributed by atoms with Crippen LogP contribution in [-0.4, -0.2) is 31.3 Å². The number of pyridine rings is 1. The largest absolute Gasteiger partial charge is 0.380 e. The molecule has 104 valence electrons. The van der Waals surface area contributed by atoms with Crippen molar-refractivity contribution in [1.29, 1.82) is 5.26 Å². The molecule has 4 heteroatoms. The lowest BCUT2D eigenvalue weighted by Gasteiger charge is -2.22. The highest BCUT2D eigenvalue weighted by molar-refractivity contribution is 5.86. The van der Waals surface area contributed by atoms with Gasteiger partial charge in [0.05, 0.1) is 23.8 Å². The van der Waals surface area contributed by atoms with Gasteiger partial charge < -0.3 is 9.64 Å². The zero-order valence-corrected chi connectivity index (χ0v) is 12.0. The third-order valence-corrected chi connectivity index (χ3v) is 3.24. The second-order valence-electron chi connectivity index (χ2n) is 4.43. The summed E-state index contributed by atoms with van der Waals surface area (Å²) in [5.41, 5.74) is 1.52. The minimum atomic E-state index is 0.667. The molecule has 2 aromatic rings. The SMILES string of the molecule is CCOCCN(CC)c1cc(C#N)c2ccccc2n1. The van der Waals surface area contributed by atoms with Gasteiger partial charge in [0.25, 0.3) is 0 Å². The molecule has 0 aliphatic heterocycles. The quantitative estimate of drug-likeness (QED) is 0.756. The number of aromatic nitrogens is 1. The molecular formula is C16H19N3O. The molecule has 0 spiro atoms. The molecule has 0 amide bonds. The topological polar surface area (TPSA) is 49.1 Å². The average Bonchev–Trinajstić information content (AvgIpc) is 2.50. The van der Waals surface area contributed by atoms with Crippen molar-refractivity contribution >= 4 is 16.7 Å². The first-order valence-electron chi connectivity index (χ1n) is 6.92. The van der Waals surface area contributed by atoms with Crippen LogP contribution in [0.2, 0.25) is 0 Å². The molecule has 1 heterocycles. The van der Waals surface area contributed by atoms with Crippen LogP contribution >= 0.6 is 0 Å². The Morgan fingerprint density at radius 3 is 2.80 bits per heavy atom. The van der Waals surface area contributed by atoms with Crippen molar-refractivity contribution in [3.8, 4) is 6.07 Å². The fraction of sp³-hybridized carbons (Fsp3) is 0.375. The molecule has 0 saturated heterocycles. The number of hydrogen-bond acceptors (Lipinski definition) is 4. The molecule has 0 aliphatic carbocycles. The van der Waals surface area contributed by atoms with Gasteiger partial charge in [0, 0.05) is 25.1 Å². The summed E-state index contributed by atoms with van der Waals surface area (Å²) in [6, 6.07) is 11.9. The number of anilines is 1. The number of benzene rings is 1. The first kappa shape index (κ1) is 14.3. The summed E-state index contributed by atoms with van der Waals surface area (Å²) in [6.07, 6.45) is 0. The molecule has 0 saturated carbocycles. The van der Waals surface area contributed by atoms with Crippen LogP contribution < -0.4 is 4.90 Å². The van der Waals surface area contributed by atoms with Crippen molar-refractivity contribution < 1.29 is 4.74 Å². The van der Waals surface area contributed by atoms with Crippen LogP contribution in [0.25, 0.3) is 10.9 Å². The molecule has 2 rings (SSSR count). The number of likely N-dealkylation sites (N-methyl/N-ethyl adjacent to an activating group) is 1. The molecule has 1 aromatic heterocycles. The fourth-order valence-corrected chi connectivity index (χ4v) is 2.17. The summed E-state index contributed by atoms with van der Waals surface area (Å²) >= 11 is 0. The third kappa shape index (κ3) is 3.06. The number of nitrogens with zero attached hydrogens (tertiary/aromatic N) is 3. The monoisotopic (exact) mass is 269 g/mol. The number of rotatable bonds is 6. The fourth-order valence-electron chi connectivity index (χ4n) is 2.17. The highest BCUT2D eigenvalue weighted by atomic mass is 16.5. The van der Waals surface area contributed by atoms with E-state index >= 15 is 0 Å². The maximum atomic E-state index is 9.31. The first-order chi connectivity index (χ1) is 9.80. The standard InChI is InChI=1S/C16H19N3O/c1-3-19(9-10-20-4-2)16-11-13(12-17)14-7-5-6-8-15(14)18-16/h5-8,11H,3-4,9-10H2,1-2H3. The average molecular weight is 269 g/mol. The van der Waals surface area contributed by atoms with E-state index in [1.165, 1.54) is 0 Å². The van der Waals surface area contributed by atoms with Crippen molar-refractivity contribution in [2.45, 2.75) is 13.8 Å². The van der Waals surface area contributed by atoms with Crippen LogP contribution in [0.4, 0.5) is 5.82 Å². The van der Waals surface area contributed by atoms with E-state index in [4.69, 9.17) is 4.74 Å². The van der Waals surface area contributed by atoms with Crippen molar-refractivity contribution in [2.24, 2.45) is 0 Å². The number of fused-ring (bicyclic) bond motifs is 1. The zero-order chi connectivity index (χ0) is 14.4. The summed E-state index contributed by atoms with van der Waals surface area (Å²) in [5.74, 6) is 0.836. The van der Waals surface area contributed by atoms with Crippen LogP contribution in [0, 0.1) is 11.3 Å². The molecule has 0 radical (unpaired) electrons. The second kappa shape index (κ2) is 6.88. The van der Waals surface area contributed by atoms with E-state index in [2.05, 4.69) is 22.9 Å². The smallest absolute Gasteiger partial charge is 0.130 e. The summed E-state index contributed by atoms with van der Waals surface area (Å²) in [6.45, 7) is 7.06. The summed E-state index contributed by atoms with van der Waals surface area (Å²) < 4.78 is 5.40. The summed E-state index contributed by atoms with van der Waals surface area (Å²) in [4.78, 5) is 6.78. The highest BCUT2D eigenvalue weighted by Gasteiger charge is 2.10. The molecule has 0 N–H and O–H groups in total. The Hall–Kier alpha value is -2.12. The van der Waals surface area contributed by atoms with Gasteiger partial charge in [0.15, 0.2) is 0 Å². The van der Waals surface area contributed by atoms with E-state index in [1.54, 1.807) is 0 Å². The Kier molecular flexibility index (Phi) is 4.91. The highest BCUT2D eigenvalue weighted by Crippen LogP contribution is 2.22. The van der Waals surface area contributed by atoms with Gasteiger partial charge in [-0.1, -0.05) is 18.2 Å². The number of hydrogen-bond donors (Lipinski definition) is 0. The molecule has 4 nitrogen and oxygen atoms in total. The van der Waals surface area contributed by atoms with Crippen molar-refractivity contribution in [1.82, 2.24) is 4.98 Å². The Labute approximate surface area is 119 Å². The van der Waals surface area contributed by atoms with E-state index in [9.17, 15) is 5.26 Å². The van der Waals surface area contributed by atoms with Gasteiger partial charge in [-0.25, -0.2) is 4.98 Å². The molecule has 1 aromatic carbocycles. The first-order valence-corrected chi connectivity index (χ1v) is 6.92. The van der Waals surface area contributed by atoms with E-state index < -0.39 is 0 Å². The lowest BCUT2D eigenvalue weighted by molar-refractivity contribution is 0.154. The lowest BCUT2D eigenvalue weighted by Crippen LogP contribution is -2.28. The van der Waals surface area contributed by atoms with E-state index in [0.717, 1.165) is 29.8 Å². The van der Waals surface area contributed by atoms with Crippen molar-refractivity contribution in [3.63, 3.8) is 0 Å². The Morgan fingerprint density at radius 1 is 1.30 bits per heavy atom. The maximum absolute atomic E-state index is 9.31. The molecule has 20 heavy (non-hydrogen) atoms. The van der Waals surface area contributed by atoms with Gasteiger partial charge in [-0.15, -0.1) is 0 Å². The summed E-state index contributed by atoms with van der Waals surface area (Å²) in [5, 5.41) is 10.2. The normalized spacial score (nSPS) is 10.4. The minimum Gasteiger partial charge on any atom is -0.380 e. The Morgan fingerprint density at radius 2 is 2.10 bits per heavy atom. The zero-order valence-electron chi connectivity index (χ0n) is 12.0. The van der Waals surface area contributed by atoms with Crippen molar-refractivity contribution in [3.05, 3.63) is 35.9 Å². The van der Waals surface area contributed by atoms with Crippen molar-refractivity contribution in [2.75, 3.05) is 31.2 Å². The van der Waals surface area contributed by atoms with Gasteiger partial charge in [-0.3, -0.25) is 0 Å². The van der Waals surface area contributed by atoms with Crippen LogP contribution in [0.5, 0.6) is 0 Å². The van der Waals surface area contributed by atoms with Crippen LogP contribution in [0.1, 0.15) is 19.4 Å². The predicted octanol–water partition coefficient (Wildman–Crippen LogP) is 2.97. The molecule has 0 aliphatic rings. The lowest BCUT2D eigenvalue weighted by atomic mass is 10.1. The molecular weight excluding hydrogens is 250 g/mol. The molecule has 0 atom stereocenters. The van der Waals surface area contributed by atoms with Gasteiger partial charge in [-0.2, -0.15) is 5.26 Å². The van der Waals surface area contributed by atoms with E-state index in [0.29, 0.717) is 18.8 Å². The van der Waals surface area contributed by atoms with Crippen LogP contribution in [0.3, 0.4) is 0 Å². The number of ether oxygens (including phenoxy) is 1. The van der Waals surface area contributed by atoms with E-state index in [1.807, 2.05) is 37.3 Å². The van der Waals surface area contributed by atoms with Crippen LogP contribution in [-0.2, 0) is 4.74 Å². The molecule has 0 fully saturated rings. The Balaban J connectivity index is 2.35. The third-order valence-electron chi connectivity index (χ3n) is 3.24. The van der Waals surface area contributed by atoms with Crippen LogP contribution in [0.15, 0.2) is 30.3 Å². The van der Waals surface area contributed by atoms with Gasteiger partial charge in [-0.05, 0) is 26.0 Å². The Bertz CT molecular complexity index is 619. The summed E-state index contributed by atoms with van der Waals surface area (Å²) in [7, 11) is 0.